The second kappa shape index (κ2) is 6.65. The monoisotopic (exact) mass is 300 g/mol. The maximum absolute atomic E-state index is 12.1. The summed E-state index contributed by atoms with van der Waals surface area (Å²) in [5.41, 5.74) is 4.96. The Balaban J connectivity index is 2.98. The molecule has 0 aliphatic rings. The van der Waals surface area contributed by atoms with Crippen molar-refractivity contribution in [3.8, 4) is 17.6 Å². The van der Waals surface area contributed by atoms with Crippen molar-refractivity contribution in [3.05, 3.63) is 23.8 Å². The Morgan fingerprint density at radius 1 is 1.38 bits per heavy atom. The first-order valence-electron chi connectivity index (χ1n) is 5.60. The van der Waals surface area contributed by atoms with Gasteiger partial charge in [-0.1, -0.05) is 5.92 Å². The van der Waals surface area contributed by atoms with E-state index in [0.717, 1.165) is 12.1 Å². The Hall–Kier alpha value is -2.69. The van der Waals surface area contributed by atoms with Gasteiger partial charge in [-0.05, 0) is 31.0 Å². The lowest BCUT2D eigenvalue weighted by molar-refractivity contribution is -0.153. The number of anilines is 1. The molecule has 0 aliphatic heterocycles. The highest BCUT2D eigenvalue weighted by Gasteiger charge is 2.29. The summed E-state index contributed by atoms with van der Waals surface area (Å²) in [6, 6.07) is 3.50. The minimum atomic E-state index is -4.54. The lowest BCUT2D eigenvalue weighted by atomic mass is 10.1. The third-order valence-corrected chi connectivity index (χ3v) is 2.13. The molecule has 8 heteroatoms. The summed E-state index contributed by atoms with van der Waals surface area (Å²) in [7, 11) is 0. The number of amides is 2. The molecule has 0 bridgehead atoms. The molecule has 1 rings (SSSR count). The third-order valence-electron chi connectivity index (χ3n) is 2.13. The topological polar surface area (TPSA) is 81.4 Å². The number of alkyl halides is 3. The molecule has 2 amide bonds. The predicted octanol–water partition coefficient (Wildman–Crippen LogP) is 1.69. The van der Waals surface area contributed by atoms with Crippen LogP contribution >= 0.6 is 0 Å². The van der Waals surface area contributed by atoms with Crippen LogP contribution in [-0.2, 0) is 4.79 Å². The van der Waals surface area contributed by atoms with Crippen LogP contribution in [0.4, 0.5) is 18.9 Å². The number of benzene rings is 1. The smallest absolute Gasteiger partial charge is 0.422 e. The largest absolute Gasteiger partial charge is 0.483 e. The van der Waals surface area contributed by atoms with Crippen LogP contribution in [0.25, 0.3) is 0 Å². The maximum atomic E-state index is 12.1. The van der Waals surface area contributed by atoms with Gasteiger partial charge in [-0.15, -0.1) is 0 Å². The SMILES string of the molecule is CC#CC(=O)Nc1ccc(OCC(F)(F)F)c(C(N)=O)c1. The normalized spacial score (nSPS) is 10.3. The number of primary amides is 1. The molecule has 1 aromatic carbocycles. The Morgan fingerprint density at radius 3 is 2.57 bits per heavy atom. The van der Waals surface area contributed by atoms with Gasteiger partial charge < -0.3 is 15.8 Å². The van der Waals surface area contributed by atoms with Crippen LogP contribution in [0.15, 0.2) is 18.2 Å². The zero-order valence-corrected chi connectivity index (χ0v) is 10.9. The minimum Gasteiger partial charge on any atom is -0.483 e. The highest BCUT2D eigenvalue weighted by molar-refractivity contribution is 6.05. The van der Waals surface area contributed by atoms with Crippen molar-refractivity contribution in [2.24, 2.45) is 5.73 Å². The molecule has 0 heterocycles. The van der Waals surface area contributed by atoms with Crippen molar-refractivity contribution < 1.29 is 27.5 Å². The second-order valence-corrected chi connectivity index (χ2v) is 3.81. The van der Waals surface area contributed by atoms with E-state index in [4.69, 9.17) is 5.73 Å². The van der Waals surface area contributed by atoms with Gasteiger partial charge in [-0.2, -0.15) is 13.2 Å². The van der Waals surface area contributed by atoms with E-state index in [1.807, 2.05) is 0 Å². The van der Waals surface area contributed by atoms with Gasteiger partial charge in [0.1, 0.15) is 5.75 Å². The van der Waals surface area contributed by atoms with E-state index in [2.05, 4.69) is 21.9 Å². The summed E-state index contributed by atoms with van der Waals surface area (Å²) in [6.45, 7) is -0.0945. The molecule has 0 aromatic heterocycles. The maximum Gasteiger partial charge on any atom is 0.422 e. The predicted molar refractivity (Wildman–Crippen MR) is 68.6 cm³/mol. The number of halogens is 3. The number of nitrogens with one attached hydrogen (secondary N) is 1. The fourth-order valence-corrected chi connectivity index (χ4v) is 1.36. The van der Waals surface area contributed by atoms with Crippen LogP contribution in [0.1, 0.15) is 17.3 Å². The van der Waals surface area contributed by atoms with Crippen LogP contribution in [0.5, 0.6) is 5.75 Å². The first-order valence-corrected chi connectivity index (χ1v) is 5.60. The van der Waals surface area contributed by atoms with Crippen molar-refractivity contribution >= 4 is 17.5 Å². The van der Waals surface area contributed by atoms with Gasteiger partial charge in [0, 0.05) is 5.69 Å². The third kappa shape index (κ3) is 5.44. The van der Waals surface area contributed by atoms with Crippen LogP contribution in [0, 0.1) is 11.8 Å². The number of hydrogen-bond donors (Lipinski definition) is 2. The number of ether oxygens (including phenoxy) is 1. The molecule has 0 aliphatic carbocycles. The summed E-state index contributed by atoms with van der Waals surface area (Å²) in [6.07, 6.45) is -4.54. The lowest BCUT2D eigenvalue weighted by Crippen LogP contribution is -2.21. The van der Waals surface area contributed by atoms with Crippen molar-refractivity contribution in [2.45, 2.75) is 13.1 Å². The van der Waals surface area contributed by atoms with Gasteiger partial charge in [-0.25, -0.2) is 0 Å². The Labute approximate surface area is 118 Å². The molecule has 5 nitrogen and oxygen atoms in total. The average Bonchev–Trinajstić information content (AvgIpc) is 2.36. The molecule has 3 N–H and O–H groups in total. The van der Waals surface area contributed by atoms with Crippen LogP contribution in [0.2, 0.25) is 0 Å². The van der Waals surface area contributed by atoms with E-state index in [9.17, 15) is 22.8 Å². The first kappa shape index (κ1) is 16.4. The number of rotatable bonds is 4. The molecule has 21 heavy (non-hydrogen) atoms. The fourth-order valence-electron chi connectivity index (χ4n) is 1.36. The summed E-state index contributed by atoms with van der Waals surface area (Å²) < 4.78 is 40.8. The number of nitrogens with two attached hydrogens (primary N) is 1. The van der Waals surface area contributed by atoms with Gasteiger partial charge >= 0.3 is 6.18 Å². The van der Waals surface area contributed by atoms with E-state index in [1.54, 1.807) is 0 Å². The molecule has 0 radical (unpaired) electrons. The average molecular weight is 300 g/mol. The van der Waals surface area contributed by atoms with Crippen LogP contribution in [-0.4, -0.2) is 24.6 Å². The van der Waals surface area contributed by atoms with E-state index in [1.165, 1.54) is 13.0 Å². The molecule has 112 valence electrons. The Kier molecular flexibility index (Phi) is 5.18. The van der Waals surface area contributed by atoms with Crippen molar-refractivity contribution in [1.82, 2.24) is 0 Å². The quantitative estimate of drug-likeness (QED) is 0.830. The van der Waals surface area contributed by atoms with E-state index < -0.39 is 24.6 Å². The highest BCUT2D eigenvalue weighted by atomic mass is 19.4. The highest BCUT2D eigenvalue weighted by Crippen LogP contribution is 2.25. The van der Waals surface area contributed by atoms with Gasteiger partial charge in [0.25, 0.3) is 11.8 Å². The van der Waals surface area contributed by atoms with Crippen molar-refractivity contribution in [1.29, 1.82) is 0 Å². The van der Waals surface area contributed by atoms with Crippen LogP contribution < -0.4 is 15.8 Å². The van der Waals surface area contributed by atoms with Crippen LogP contribution in [0.3, 0.4) is 0 Å². The number of hydrogen-bond acceptors (Lipinski definition) is 3. The van der Waals surface area contributed by atoms with Gasteiger partial charge in [0.15, 0.2) is 6.61 Å². The molecule has 0 unspecified atom stereocenters. The Morgan fingerprint density at radius 2 is 2.05 bits per heavy atom. The van der Waals surface area contributed by atoms with E-state index in [-0.39, 0.29) is 17.0 Å². The summed E-state index contributed by atoms with van der Waals surface area (Å²) in [5, 5.41) is 2.34. The summed E-state index contributed by atoms with van der Waals surface area (Å²) in [4.78, 5) is 22.5. The summed E-state index contributed by atoms with van der Waals surface area (Å²) in [5.74, 6) is 2.65. The minimum absolute atomic E-state index is 0.163. The molecular formula is C13H11F3N2O3. The molecule has 0 fully saturated rings. The number of carbonyl (C=O) groups excluding carboxylic acids is 2. The molecule has 1 aromatic rings. The molecule has 0 saturated heterocycles. The lowest BCUT2D eigenvalue weighted by Gasteiger charge is -2.12. The van der Waals surface area contributed by atoms with Gasteiger partial charge in [-0.3, -0.25) is 9.59 Å². The fraction of sp³-hybridized carbons (Fsp3) is 0.231. The van der Waals surface area contributed by atoms with E-state index >= 15 is 0 Å². The zero-order valence-electron chi connectivity index (χ0n) is 10.9. The molecule has 0 spiro atoms. The van der Waals surface area contributed by atoms with E-state index in [0.29, 0.717) is 0 Å². The van der Waals surface area contributed by atoms with Crippen molar-refractivity contribution in [3.63, 3.8) is 0 Å². The van der Waals surface area contributed by atoms with Gasteiger partial charge in [0.05, 0.1) is 5.56 Å². The first-order chi connectivity index (χ1) is 9.73. The Bertz CT molecular complexity index is 615. The van der Waals surface area contributed by atoms with Gasteiger partial charge in [0.2, 0.25) is 0 Å². The van der Waals surface area contributed by atoms with Crippen molar-refractivity contribution in [2.75, 3.05) is 11.9 Å². The summed E-state index contributed by atoms with van der Waals surface area (Å²) >= 11 is 0. The molecule has 0 saturated carbocycles. The zero-order chi connectivity index (χ0) is 16.0. The number of carbonyl (C=O) groups is 2. The molecule has 0 atom stereocenters. The second-order valence-electron chi connectivity index (χ2n) is 3.81. The standard InChI is InChI=1S/C13H11F3N2O3/c1-2-3-11(19)18-8-4-5-10(9(6-8)12(17)20)21-7-13(14,15)16/h4-6H,7H2,1H3,(H2,17,20)(H,18,19). The molecular weight excluding hydrogens is 289 g/mol.